The normalized spacial score (nSPS) is 26.8. The molecule has 2 aromatic carbocycles. The van der Waals surface area contributed by atoms with E-state index in [1.807, 2.05) is 18.2 Å². The van der Waals surface area contributed by atoms with Crippen molar-refractivity contribution in [1.29, 1.82) is 0 Å². The van der Waals surface area contributed by atoms with Gasteiger partial charge >= 0.3 is 7.12 Å². The van der Waals surface area contributed by atoms with Gasteiger partial charge in [-0.1, -0.05) is 61.5 Å². The molecule has 1 saturated heterocycles. The quantitative estimate of drug-likeness (QED) is 0.642. The van der Waals surface area contributed by atoms with E-state index in [9.17, 15) is 0 Å². The lowest BCUT2D eigenvalue weighted by atomic mass is 9.63. The Morgan fingerprint density at radius 3 is 2.14 bits per heavy atom. The molecule has 0 aromatic heterocycles. The van der Waals surface area contributed by atoms with Crippen LogP contribution in [0.4, 0.5) is 0 Å². The number of rotatable bonds is 3. The Bertz CT molecular complexity index is 872. The highest BCUT2D eigenvalue weighted by Gasteiger charge is 2.53. The zero-order valence-electron chi connectivity index (χ0n) is 17.5. The second kappa shape index (κ2) is 6.79. The molecule has 1 fully saturated rings. The Kier molecular flexibility index (Phi) is 4.67. The SMILES string of the molecule is CC1(C)OB(C[C@@]2(C)COc3ccccc3/C2=C\c2ccccc2)OC1(C)C. The summed E-state index contributed by atoms with van der Waals surface area (Å²) >= 11 is 0. The first-order valence-corrected chi connectivity index (χ1v) is 10.1. The molecule has 0 N–H and O–H groups in total. The van der Waals surface area contributed by atoms with Crippen molar-refractivity contribution in [3.63, 3.8) is 0 Å². The van der Waals surface area contributed by atoms with Gasteiger partial charge in [0.25, 0.3) is 0 Å². The first-order chi connectivity index (χ1) is 13.2. The third kappa shape index (κ3) is 3.40. The summed E-state index contributed by atoms with van der Waals surface area (Å²) in [6, 6.07) is 18.8. The Morgan fingerprint density at radius 2 is 1.46 bits per heavy atom. The van der Waals surface area contributed by atoms with E-state index in [0.717, 1.165) is 17.6 Å². The molecular formula is C24H29BO3. The zero-order chi connectivity index (χ0) is 20.0. The molecule has 0 radical (unpaired) electrons. The summed E-state index contributed by atoms with van der Waals surface area (Å²) in [6.07, 6.45) is 3.03. The van der Waals surface area contributed by atoms with Crippen LogP contribution in [0.5, 0.6) is 5.75 Å². The topological polar surface area (TPSA) is 27.7 Å². The fourth-order valence-electron chi connectivity index (χ4n) is 4.01. The molecule has 4 heteroatoms. The van der Waals surface area contributed by atoms with E-state index in [1.54, 1.807) is 0 Å². The monoisotopic (exact) mass is 376 g/mol. The smallest absolute Gasteiger partial charge is 0.458 e. The molecule has 3 nitrogen and oxygen atoms in total. The number of hydrogen-bond donors (Lipinski definition) is 0. The maximum atomic E-state index is 6.31. The second-order valence-corrected chi connectivity index (χ2v) is 9.20. The van der Waals surface area contributed by atoms with Crippen LogP contribution in [-0.2, 0) is 9.31 Å². The van der Waals surface area contributed by atoms with Gasteiger partial charge in [0.1, 0.15) is 5.75 Å². The fourth-order valence-corrected chi connectivity index (χ4v) is 4.01. The Morgan fingerprint density at radius 1 is 0.857 bits per heavy atom. The van der Waals surface area contributed by atoms with Crippen molar-refractivity contribution in [3.8, 4) is 5.75 Å². The molecule has 2 heterocycles. The lowest BCUT2D eigenvalue weighted by molar-refractivity contribution is 0.00578. The molecule has 0 aliphatic carbocycles. The zero-order valence-corrected chi connectivity index (χ0v) is 17.5. The molecule has 2 aliphatic rings. The highest BCUT2D eigenvalue weighted by atomic mass is 16.7. The third-order valence-corrected chi connectivity index (χ3v) is 6.40. The summed E-state index contributed by atoms with van der Waals surface area (Å²) in [5, 5.41) is 0. The van der Waals surface area contributed by atoms with E-state index in [-0.39, 0.29) is 23.7 Å². The van der Waals surface area contributed by atoms with Crippen LogP contribution in [0.2, 0.25) is 6.32 Å². The van der Waals surface area contributed by atoms with Gasteiger partial charge in [-0.3, -0.25) is 0 Å². The minimum atomic E-state index is -0.329. The summed E-state index contributed by atoms with van der Waals surface area (Å²) in [7, 11) is -0.261. The van der Waals surface area contributed by atoms with E-state index >= 15 is 0 Å². The Labute approximate surface area is 168 Å². The van der Waals surface area contributed by atoms with Crippen LogP contribution in [-0.4, -0.2) is 24.9 Å². The number of hydrogen-bond acceptors (Lipinski definition) is 3. The lowest BCUT2D eigenvalue weighted by Crippen LogP contribution is -2.41. The number of benzene rings is 2. The van der Waals surface area contributed by atoms with Gasteiger partial charge in [0.2, 0.25) is 0 Å². The van der Waals surface area contributed by atoms with Crippen LogP contribution < -0.4 is 4.74 Å². The van der Waals surface area contributed by atoms with Gasteiger partial charge in [-0.2, -0.15) is 0 Å². The highest BCUT2D eigenvalue weighted by Crippen LogP contribution is 2.50. The Balaban J connectivity index is 1.72. The molecule has 2 aromatic rings. The molecule has 4 rings (SSSR count). The minimum absolute atomic E-state index is 0.217. The first kappa shape index (κ1) is 19.3. The van der Waals surface area contributed by atoms with Crippen LogP contribution in [0, 0.1) is 5.41 Å². The van der Waals surface area contributed by atoms with Crippen molar-refractivity contribution < 1.29 is 14.0 Å². The van der Waals surface area contributed by atoms with Gasteiger partial charge in [0.05, 0.1) is 17.8 Å². The minimum Gasteiger partial charge on any atom is -0.492 e. The summed E-state index contributed by atoms with van der Waals surface area (Å²) in [5.41, 5.74) is 2.74. The molecule has 28 heavy (non-hydrogen) atoms. The van der Waals surface area contributed by atoms with Crippen LogP contribution >= 0.6 is 0 Å². The van der Waals surface area contributed by atoms with Crippen LogP contribution in [0.25, 0.3) is 11.6 Å². The number of ether oxygens (including phenoxy) is 1. The van der Waals surface area contributed by atoms with E-state index in [1.165, 1.54) is 11.1 Å². The highest BCUT2D eigenvalue weighted by molar-refractivity contribution is 6.46. The standard InChI is InChI=1S/C24H29BO3/c1-22(2)23(3,4)28-25(27-22)16-24(5)17-26-21-14-10-9-13-19(21)20(24)15-18-11-7-6-8-12-18/h6-15H,16-17H2,1-5H3/b20-15+/t24-/m0/s1. The molecule has 0 saturated carbocycles. The van der Waals surface area contributed by atoms with Crippen molar-refractivity contribution in [2.75, 3.05) is 6.61 Å². The third-order valence-electron chi connectivity index (χ3n) is 6.40. The molecule has 2 aliphatic heterocycles. The van der Waals surface area contributed by atoms with Gasteiger partial charge in [0, 0.05) is 11.0 Å². The second-order valence-electron chi connectivity index (χ2n) is 9.20. The predicted molar refractivity (Wildman–Crippen MR) is 115 cm³/mol. The maximum absolute atomic E-state index is 6.31. The van der Waals surface area contributed by atoms with Gasteiger partial charge < -0.3 is 14.0 Å². The Hall–Kier alpha value is -2.04. The summed E-state index contributed by atoms with van der Waals surface area (Å²) in [4.78, 5) is 0. The van der Waals surface area contributed by atoms with Crippen molar-refractivity contribution >= 4 is 18.8 Å². The van der Waals surface area contributed by atoms with Gasteiger partial charge in [-0.25, -0.2) is 0 Å². The molecular weight excluding hydrogens is 347 g/mol. The number of fused-ring (bicyclic) bond motifs is 1. The van der Waals surface area contributed by atoms with Crippen molar-refractivity contribution in [1.82, 2.24) is 0 Å². The molecule has 0 bridgehead atoms. The van der Waals surface area contributed by atoms with Crippen LogP contribution in [0.3, 0.4) is 0 Å². The average Bonchev–Trinajstić information content (AvgIpc) is 2.84. The summed E-state index contributed by atoms with van der Waals surface area (Å²) in [6.45, 7) is 11.3. The molecule has 146 valence electrons. The lowest BCUT2D eigenvalue weighted by Gasteiger charge is -2.38. The van der Waals surface area contributed by atoms with Crippen molar-refractivity contribution in [2.24, 2.45) is 5.41 Å². The molecule has 0 spiro atoms. The molecule has 1 atom stereocenters. The summed E-state index contributed by atoms with van der Waals surface area (Å²) in [5.74, 6) is 0.941. The van der Waals surface area contributed by atoms with Crippen molar-refractivity contribution in [3.05, 3.63) is 65.7 Å². The maximum Gasteiger partial charge on any atom is 0.458 e. The van der Waals surface area contributed by atoms with Crippen LogP contribution in [0.15, 0.2) is 54.6 Å². The van der Waals surface area contributed by atoms with Crippen LogP contribution in [0.1, 0.15) is 45.7 Å². The van der Waals surface area contributed by atoms with E-state index in [0.29, 0.717) is 6.61 Å². The largest absolute Gasteiger partial charge is 0.492 e. The number of para-hydroxylation sites is 1. The van der Waals surface area contributed by atoms with Gasteiger partial charge in [-0.15, -0.1) is 0 Å². The van der Waals surface area contributed by atoms with Gasteiger partial charge in [-0.05, 0) is 51.2 Å². The first-order valence-electron chi connectivity index (χ1n) is 10.1. The van der Waals surface area contributed by atoms with Crippen molar-refractivity contribution in [2.45, 2.75) is 52.1 Å². The predicted octanol–water partition coefficient (Wildman–Crippen LogP) is 5.72. The van der Waals surface area contributed by atoms with E-state index in [2.05, 4.69) is 77.1 Å². The van der Waals surface area contributed by atoms with E-state index in [4.69, 9.17) is 14.0 Å². The fraction of sp³-hybridized carbons (Fsp3) is 0.417. The molecule has 0 unspecified atom stereocenters. The molecule has 0 amide bonds. The van der Waals surface area contributed by atoms with E-state index < -0.39 is 0 Å². The average molecular weight is 376 g/mol. The van der Waals surface area contributed by atoms with Gasteiger partial charge in [0.15, 0.2) is 0 Å². The summed E-state index contributed by atoms with van der Waals surface area (Å²) < 4.78 is 18.8.